The summed E-state index contributed by atoms with van der Waals surface area (Å²) in [6.07, 6.45) is 51.6. The lowest BCUT2D eigenvalue weighted by Gasteiger charge is -2.12. The van der Waals surface area contributed by atoms with Gasteiger partial charge in [-0.15, -0.1) is 45.3 Å². The molecule has 0 fully saturated rings. The first-order valence-corrected chi connectivity index (χ1v) is 36.8. The van der Waals surface area contributed by atoms with Crippen LogP contribution in [0.4, 0.5) is 0 Å². The molecule has 0 atom stereocenters. The Hall–Kier alpha value is -1.77. The van der Waals surface area contributed by atoms with Crippen molar-refractivity contribution in [2.75, 3.05) is 0 Å². The van der Waals surface area contributed by atoms with E-state index in [4.69, 9.17) is 0 Å². The maximum absolute atomic E-state index is 16.2. The van der Waals surface area contributed by atoms with E-state index in [0.717, 1.165) is 74.0 Å². The lowest BCUT2D eigenvalue weighted by Crippen LogP contribution is -2.01. The molecule has 7 heteroatoms. The van der Waals surface area contributed by atoms with Gasteiger partial charge in [0.1, 0.15) is 0 Å². The van der Waals surface area contributed by atoms with Crippen LogP contribution in [0.5, 0.6) is 0 Å². The summed E-state index contributed by atoms with van der Waals surface area (Å²) in [4.78, 5) is 8.71. The van der Waals surface area contributed by atoms with Crippen molar-refractivity contribution in [2.24, 2.45) is 0 Å². The van der Waals surface area contributed by atoms with Crippen LogP contribution in [0.25, 0.3) is 29.3 Å². The highest BCUT2D eigenvalue weighted by Gasteiger charge is 2.41. The summed E-state index contributed by atoms with van der Waals surface area (Å²) in [7, 11) is -3.82. The van der Waals surface area contributed by atoms with Crippen LogP contribution in [0.1, 0.15) is 318 Å². The third kappa shape index (κ3) is 21.7. The minimum Gasteiger partial charge on any atom is -0.218 e. The van der Waals surface area contributed by atoms with E-state index in [1.165, 1.54) is 258 Å². The van der Waals surface area contributed by atoms with Gasteiger partial charge < -0.3 is 0 Å². The number of allylic oxidation sites excluding steroid dienone is 2. The summed E-state index contributed by atoms with van der Waals surface area (Å²) < 4.78 is 32.5. The highest BCUT2D eigenvalue weighted by molar-refractivity contribution is 8.09. The van der Waals surface area contributed by atoms with Crippen LogP contribution in [0.2, 0.25) is 0 Å². The maximum Gasteiger partial charge on any atom is 0.209 e. The van der Waals surface area contributed by atoms with E-state index in [-0.39, 0.29) is 0 Å². The van der Waals surface area contributed by atoms with Gasteiger partial charge in [0.15, 0.2) is 0 Å². The van der Waals surface area contributed by atoms with Crippen LogP contribution in [0.3, 0.4) is 0 Å². The van der Waals surface area contributed by atoms with Crippen molar-refractivity contribution in [1.82, 2.24) is 0 Å². The fourth-order valence-corrected chi connectivity index (χ4v) is 18.9. The van der Waals surface area contributed by atoms with Gasteiger partial charge in [-0.05, 0) is 145 Å². The third-order valence-electron chi connectivity index (χ3n) is 16.1. The van der Waals surface area contributed by atoms with Crippen LogP contribution in [-0.2, 0) is 35.5 Å². The van der Waals surface area contributed by atoms with Crippen LogP contribution in [0.15, 0.2) is 46.2 Å². The molecule has 0 aromatic carbocycles. The molecule has 0 amide bonds. The van der Waals surface area contributed by atoms with Crippen molar-refractivity contribution in [2.45, 2.75) is 311 Å². The smallest absolute Gasteiger partial charge is 0.209 e. The largest absolute Gasteiger partial charge is 0.218 e. The minimum atomic E-state index is -3.82. The second kappa shape index (κ2) is 38.0. The molecule has 0 bridgehead atoms. The monoisotopic (exact) mass is 1120 g/mol. The van der Waals surface area contributed by atoms with E-state index < -0.39 is 9.84 Å². The van der Waals surface area contributed by atoms with Crippen molar-refractivity contribution in [3.8, 4) is 19.5 Å². The molecule has 5 rings (SSSR count). The van der Waals surface area contributed by atoms with E-state index in [0.29, 0.717) is 9.81 Å². The Morgan fingerprint density at radius 2 is 0.573 bits per heavy atom. The van der Waals surface area contributed by atoms with Crippen molar-refractivity contribution in [3.63, 3.8) is 0 Å². The molecule has 5 heterocycles. The lowest BCUT2D eigenvalue weighted by atomic mass is 9.92. The average molecular weight is 1120 g/mol. The highest BCUT2D eigenvalue weighted by atomic mass is 32.2. The fraction of sp³-hybridized carbons (Fsp3) is 0.706. The first-order valence-electron chi connectivity index (χ1n) is 31.9. The molecule has 0 unspecified atom stereocenters. The van der Waals surface area contributed by atoms with Gasteiger partial charge in [0.25, 0.3) is 0 Å². The molecule has 4 aromatic heterocycles. The number of aryl methyl sites for hydroxylation is 4. The fourth-order valence-electron chi connectivity index (χ4n) is 11.5. The number of unbranched alkanes of at least 4 members (excludes halogenated alkanes) is 30. The Kier molecular flexibility index (Phi) is 32.4. The van der Waals surface area contributed by atoms with E-state index in [9.17, 15) is 0 Å². The quantitative estimate of drug-likeness (QED) is 0.0413. The van der Waals surface area contributed by atoms with E-state index in [1.807, 2.05) is 45.3 Å². The molecule has 4 aromatic rings. The zero-order valence-electron chi connectivity index (χ0n) is 49.0. The molecule has 1 aliphatic rings. The standard InChI is InChI=1S/C68H108O2S5/c1-7-13-19-25-27-29-31-33-35-41-47-59-60(48-42-36-34-32-30-28-26-20-14-8-2)68(64-52-58(46-40-24-18-12-6)66(74-64)62-50-56(54-72-62)44-38-22-16-10-4)75(69,70)67(59)63-51-57(45-39-23-17-11-5)65(73-63)61-49-55(53-71-61)43-37-21-15-9-3/h49-54H,7-48H2,1-6H3. The Morgan fingerprint density at radius 1 is 0.307 bits per heavy atom. The van der Waals surface area contributed by atoms with Crippen LogP contribution >= 0.6 is 45.3 Å². The minimum absolute atomic E-state index is 0.683. The third-order valence-corrected chi connectivity index (χ3v) is 23.0. The van der Waals surface area contributed by atoms with Gasteiger partial charge in [-0.3, -0.25) is 0 Å². The van der Waals surface area contributed by atoms with Gasteiger partial charge in [0.05, 0.1) is 9.81 Å². The molecule has 0 saturated heterocycles. The molecule has 2 nitrogen and oxygen atoms in total. The molecule has 0 N–H and O–H groups in total. The summed E-state index contributed by atoms with van der Waals surface area (Å²) in [5, 5.41) is 4.79. The van der Waals surface area contributed by atoms with Crippen molar-refractivity contribution >= 4 is 65.0 Å². The van der Waals surface area contributed by atoms with Crippen LogP contribution in [0, 0.1) is 0 Å². The number of thiophene rings is 4. The molecular weight excluding hydrogens is 1010 g/mol. The summed E-state index contributed by atoms with van der Waals surface area (Å²) >= 11 is 7.40. The summed E-state index contributed by atoms with van der Waals surface area (Å²) in [5.74, 6) is 0. The Labute approximate surface area is 478 Å². The molecule has 0 radical (unpaired) electrons. The van der Waals surface area contributed by atoms with Crippen molar-refractivity contribution < 1.29 is 8.42 Å². The van der Waals surface area contributed by atoms with E-state index >= 15 is 8.42 Å². The summed E-state index contributed by atoms with van der Waals surface area (Å²) in [6, 6.07) is 9.68. The second-order valence-corrected chi connectivity index (χ2v) is 28.5. The first-order chi connectivity index (χ1) is 36.8. The van der Waals surface area contributed by atoms with Crippen LogP contribution in [-0.4, -0.2) is 8.42 Å². The molecule has 0 saturated carbocycles. The first kappa shape index (κ1) is 64.1. The number of rotatable bonds is 46. The van der Waals surface area contributed by atoms with Gasteiger partial charge in [-0.1, -0.05) is 234 Å². The molecule has 0 aliphatic carbocycles. The Balaban J connectivity index is 1.59. The van der Waals surface area contributed by atoms with Crippen molar-refractivity contribution in [3.05, 3.63) is 78.2 Å². The molecule has 75 heavy (non-hydrogen) atoms. The zero-order chi connectivity index (χ0) is 53.4. The molecule has 1 aliphatic heterocycles. The maximum atomic E-state index is 16.2. The van der Waals surface area contributed by atoms with Gasteiger partial charge >= 0.3 is 0 Å². The molecular formula is C68H108O2S5. The van der Waals surface area contributed by atoms with Gasteiger partial charge in [-0.2, -0.15) is 0 Å². The number of sulfone groups is 1. The summed E-state index contributed by atoms with van der Waals surface area (Å²) in [5.41, 5.74) is 7.99. The lowest BCUT2D eigenvalue weighted by molar-refractivity contribution is 0.553. The topological polar surface area (TPSA) is 34.1 Å². The molecule has 422 valence electrons. The normalized spacial score (nSPS) is 13.7. The predicted molar refractivity (Wildman–Crippen MR) is 342 cm³/mol. The van der Waals surface area contributed by atoms with Crippen molar-refractivity contribution in [1.29, 1.82) is 0 Å². The van der Waals surface area contributed by atoms with E-state index in [2.05, 4.69) is 76.6 Å². The van der Waals surface area contributed by atoms with Crippen LogP contribution < -0.4 is 0 Å². The van der Waals surface area contributed by atoms with E-state index in [1.54, 1.807) is 0 Å². The SMILES string of the molecule is CCCCCCCCCCCCC1=C(c2cc(CCCCCC)c(-c3cc(CCCCCC)cs3)s2)S(=O)(=O)C(c2cc(CCCCCC)c(-c3cc(CCCCCC)cs3)s2)=C1CCCCCCCCCCCC. The van der Waals surface area contributed by atoms with Gasteiger partial charge in [-0.25, -0.2) is 8.42 Å². The molecule has 0 spiro atoms. The number of hydrogen-bond donors (Lipinski definition) is 0. The average Bonchev–Trinajstić information content (AvgIpc) is 4.27. The predicted octanol–water partition coefficient (Wildman–Crippen LogP) is 24.9. The highest BCUT2D eigenvalue weighted by Crippen LogP contribution is 2.55. The second-order valence-electron chi connectivity index (χ2n) is 22.8. The van der Waals surface area contributed by atoms with Gasteiger partial charge in [0, 0.05) is 29.3 Å². The summed E-state index contributed by atoms with van der Waals surface area (Å²) in [6.45, 7) is 13.8. The number of hydrogen-bond acceptors (Lipinski definition) is 6. The Morgan fingerprint density at radius 3 is 0.893 bits per heavy atom. The Bertz CT molecular complexity index is 2150. The van der Waals surface area contributed by atoms with Gasteiger partial charge in [0.2, 0.25) is 9.84 Å². The zero-order valence-corrected chi connectivity index (χ0v) is 53.1.